The van der Waals surface area contributed by atoms with Crippen LogP contribution in [-0.4, -0.2) is 53.1 Å². The third kappa shape index (κ3) is 5.96. The highest BCUT2D eigenvalue weighted by Gasteiger charge is 2.64. The van der Waals surface area contributed by atoms with Crippen LogP contribution in [0.15, 0.2) is 0 Å². The fourth-order valence-electron chi connectivity index (χ4n) is 10.4. The van der Waals surface area contributed by atoms with Crippen LogP contribution in [-0.2, 0) is 14.9 Å². The SMILES string of the molecule is CCC1C(O)C2C3CCC(C(C)CCC(=O)NC(CS(=O)(=O)O)C(C)C)C3(C)CCC2C2(C)CCC(O)CC12. The summed E-state index contributed by atoms with van der Waals surface area (Å²) in [5.74, 6) is 2.13. The van der Waals surface area contributed by atoms with Gasteiger partial charge in [-0.3, -0.25) is 9.35 Å². The van der Waals surface area contributed by atoms with Crippen molar-refractivity contribution >= 4 is 16.0 Å². The first kappa shape index (κ1) is 31.2. The Morgan fingerprint density at radius 2 is 1.62 bits per heavy atom. The van der Waals surface area contributed by atoms with Gasteiger partial charge in [0, 0.05) is 12.5 Å². The molecule has 4 aliphatic carbocycles. The van der Waals surface area contributed by atoms with Crippen molar-refractivity contribution in [3.8, 4) is 0 Å². The summed E-state index contributed by atoms with van der Waals surface area (Å²) in [6, 6.07) is -0.600. The lowest BCUT2D eigenvalue weighted by atomic mass is 9.41. The molecular formula is C31H55NO6S. The fourth-order valence-corrected chi connectivity index (χ4v) is 11.3. The summed E-state index contributed by atoms with van der Waals surface area (Å²) in [5, 5.41) is 25.2. The van der Waals surface area contributed by atoms with E-state index in [2.05, 4.69) is 33.0 Å². The molecule has 0 aromatic heterocycles. The fraction of sp³-hybridized carbons (Fsp3) is 0.968. The van der Waals surface area contributed by atoms with Crippen molar-refractivity contribution < 1.29 is 28.0 Å². The van der Waals surface area contributed by atoms with Gasteiger partial charge in [-0.1, -0.05) is 48.0 Å². The normalized spacial score (nSPS) is 43.7. The highest BCUT2D eigenvalue weighted by atomic mass is 32.2. The summed E-state index contributed by atoms with van der Waals surface area (Å²) in [6.07, 6.45) is 8.89. The number of fused-ring (bicyclic) bond motifs is 5. The monoisotopic (exact) mass is 569 g/mol. The van der Waals surface area contributed by atoms with Crippen LogP contribution in [0.25, 0.3) is 0 Å². The van der Waals surface area contributed by atoms with E-state index in [9.17, 15) is 28.0 Å². The number of amides is 1. The molecule has 0 aliphatic heterocycles. The van der Waals surface area contributed by atoms with Crippen molar-refractivity contribution in [2.24, 2.45) is 58.2 Å². The lowest BCUT2D eigenvalue weighted by Crippen LogP contribution is -2.62. The number of carbonyl (C=O) groups is 1. The Morgan fingerprint density at radius 1 is 0.974 bits per heavy atom. The van der Waals surface area contributed by atoms with Crippen LogP contribution in [0.2, 0.25) is 0 Å². The van der Waals surface area contributed by atoms with Gasteiger partial charge in [-0.15, -0.1) is 0 Å². The molecule has 12 atom stereocenters. The van der Waals surface area contributed by atoms with Gasteiger partial charge in [0.15, 0.2) is 0 Å². The molecule has 4 rings (SSSR count). The molecule has 4 N–H and O–H groups in total. The first-order chi connectivity index (χ1) is 18.1. The minimum absolute atomic E-state index is 0.0965. The molecule has 12 unspecified atom stereocenters. The Kier molecular flexibility index (Phi) is 9.23. The summed E-state index contributed by atoms with van der Waals surface area (Å²) in [6.45, 7) is 13.1. The van der Waals surface area contributed by atoms with Gasteiger partial charge in [0.05, 0.1) is 18.0 Å². The van der Waals surface area contributed by atoms with Crippen LogP contribution in [0.4, 0.5) is 0 Å². The van der Waals surface area contributed by atoms with E-state index in [1.165, 1.54) is 0 Å². The van der Waals surface area contributed by atoms with E-state index in [4.69, 9.17) is 0 Å². The summed E-state index contributed by atoms with van der Waals surface area (Å²) in [7, 11) is -4.16. The highest BCUT2D eigenvalue weighted by molar-refractivity contribution is 7.85. The molecule has 1 amide bonds. The van der Waals surface area contributed by atoms with Gasteiger partial charge in [0.1, 0.15) is 0 Å². The molecule has 0 saturated heterocycles. The Bertz CT molecular complexity index is 986. The zero-order valence-electron chi connectivity index (χ0n) is 25.1. The molecule has 226 valence electrons. The smallest absolute Gasteiger partial charge is 0.266 e. The molecule has 0 spiro atoms. The lowest BCUT2D eigenvalue weighted by Gasteiger charge is -2.64. The van der Waals surface area contributed by atoms with Crippen molar-refractivity contribution in [3.63, 3.8) is 0 Å². The number of aliphatic hydroxyl groups excluding tert-OH is 2. The first-order valence-corrected chi connectivity index (χ1v) is 17.3. The summed E-state index contributed by atoms with van der Waals surface area (Å²) >= 11 is 0. The van der Waals surface area contributed by atoms with Gasteiger partial charge in [-0.25, -0.2) is 0 Å². The van der Waals surface area contributed by atoms with Gasteiger partial charge in [-0.05, 0) is 110 Å². The minimum atomic E-state index is -4.16. The molecule has 4 aliphatic rings. The van der Waals surface area contributed by atoms with Gasteiger partial charge in [-0.2, -0.15) is 8.42 Å². The van der Waals surface area contributed by atoms with Crippen molar-refractivity contribution in [2.75, 3.05) is 5.75 Å². The second-order valence-electron chi connectivity index (χ2n) is 14.8. The summed E-state index contributed by atoms with van der Waals surface area (Å²) in [5.41, 5.74) is 0.348. The second kappa shape index (κ2) is 11.5. The van der Waals surface area contributed by atoms with E-state index in [1.54, 1.807) is 0 Å². The quantitative estimate of drug-likeness (QED) is 0.288. The molecule has 4 fully saturated rings. The number of carbonyl (C=O) groups excluding carboxylic acids is 1. The molecular weight excluding hydrogens is 514 g/mol. The maximum atomic E-state index is 12.8. The third-order valence-electron chi connectivity index (χ3n) is 12.5. The van der Waals surface area contributed by atoms with E-state index in [-0.39, 0.29) is 40.8 Å². The van der Waals surface area contributed by atoms with Crippen molar-refractivity contribution in [1.82, 2.24) is 5.32 Å². The van der Waals surface area contributed by atoms with Crippen molar-refractivity contribution in [3.05, 3.63) is 0 Å². The average molecular weight is 570 g/mol. The maximum Gasteiger partial charge on any atom is 0.266 e. The molecule has 7 nitrogen and oxygen atoms in total. The van der Waals surface area contributed by atoms with E-state index in [0.717, 1.165) is 57.8 Å². The van der Waals surface area contributed by atoms with E-state index in [1.807, 2.05) is 13.8 Å². The lowest BCUT2D eigenvalue weighted by molar-refractivity contribution is -0.203. The zero-order valence-corrected chi connectivity index (χ0v) is 25.9. The molecule has 0 aromatic rings. The molecule has 39 heavy (non-hydrogen) atoms. The Balaban J connectivity index is 1.44. The standard InChI is InChI=1S/C31H55NO6S/c1-7-21-25-16-20(33)12-14-31(25,6)24-13-15-30(5)22(9-10-23(30)28(24)29(21)35)19(4)8-11-27(34)32-26(18(2)3)17-39(36,37)38/h18-26,28-29,33,35H,7-17H2,1-6H3,(H,32,34)(H,36,37,38). The van der Waals surface area contributed by atoms with Crippen molar-refractivity contribution in [1.29, 1.82) is 0 Å². The topological polar surface area (TPSA) is 124 Å². The highest BCUT2D eigenvalue weighted by Crippen LogP contribution is 2.69. The first-order valence-electron chi connectivity index (χ1n) is 15.7. The number of hydrogen-bond acceptors (Lipinski definition) is 5. The molecule has 8 heteroatoms. The maximum absolute atomic E-state index is 12.8. The van der Waals surface area contributed by atoms with E-state index >= 15 is 0 Å². The van der Waals surface area contributed by atoms with Gasteiger partial charge < -0.3 is 15.5 Å². The largest absolute Gasteiger partial charge is 0.393 e. The van der Waals surface area contributed by atoms with Crippen LogP contribution in [0, 0.1) is 58.2 Å². The number of nitrogens with one attached hydrogen (secondary N) is 1. The number of hydrogen-bond donors (Lipinski definition) is 4. The van der Waals surface area contributed by atoms with E-state index in [0.29, 0.717) is 41.9 Å². The van der Waals surface area contributed by atoms with E-state index < -0.39 is 21.9 Å². The average Bonchev–Trinajstić information content (AvgIpc) is 3.20. The van der Waals surface area contributed by atoms with Gasteiger partial charge in [0.25, 0.3) is 10.1 Å². The molecule has 0 bridgehead atoms. The van der Waals surface area contributed by atoms with Crippen LogP contribution < -0.4 is 5.32 Å². The molecule has 4 saturated carbocycles. The van der Waals surface area contributed by atoms with Crippen LogP contribution in [0.1, 0.15) is 106 Å². The molecule has 0 aromatic carbocycles. The summed E-state index contributed by atoms with van der Waals surface area (Å²) in [4.78, 5) is 12.8. The Morgan fingerprint density at radius 3 is 2.23 bits per heavy atom. The van der Waals surface area contributed by atoms with Gasteiger partial charge >= 0.3 is 0 Å². The third-order valence-corrected chi connectivity index (χ3v) is 13.3. The van der Waals surface area contributed by atoms with Crippen LogP contribution in [0.3, 0.4) is 0 Å². The second-order valence-corrected chi connectivity index (χ2v) is 16.3. The Labute approximate surface area is 237 Å². The predicted octanol–water partition coefficient (Wildman–Crippen LogP) is 5.06. The van der Waals surface area contributed by atoms with Crippen LogP contribution in [0.5, 0.6) is 0 Å². The molecule has 0 heterocycles. The minimum Gasteiger partial charge on any atom is -0.393 e. The zero-order chi connectivity index (χ0) is 28.9. The van der Waals surface area contributed by atoms with Crippen molar-refractivity contribution in [2.45, 2.75) is 124 Å². The Hall–Kier alpha value is -0.700. The van der Waals surface area contributed by atoms with Crippen LogP contribution >= 0.6 is 0 Å². The van der Waals surface area contributed by atoms with Gasteiger partial charge in [0.2, 0.25) is 5.91 Å². The summed E-state index contributed by atoms with van der Waals surface area (Å²) < 4.78 is 32.0. The molecule has 0 radical (unpaired) electrons. The number of aliphatic hydroxyl groups is 2. The number of rotatable bonds is 9. The predicted molar refractivity (Wildman–Crippen MR) is 153 cm³/mol.